The number of hydrogen-bond donors (Lipinski definition) is 2. The van der Waals surface area contributed by atoms with Crippen molar-refractivity contribution in [3.05, 3.63) is 59.7 Å². The van der Waals surface area contributed by atoms with E-state index in [1.54, 1.807) is 0 Å². The zero-order valence-electron chi connectivity index (χ0n) is 15.3. The Hall–Kier alpha value is -2.00. The van der Waals surface area contributed by atoms with E-state index in [-0.39, 0.29) is 0 Å². The number of benzene rings is 1. The fourth-order valence-corrected chi connectivity index (χ4v) is 3.32. The molecule has 1 aliphatic heterocycles. The fourth-order valence-electron chi connectivity index (χ4n) is 3.32. The van der Waals surface area contributed by atoms with Crippen molar-refractivity contribution in [3.8, 4) is 0 Å². The molecule has 1 saturated heterocycles. The number of rotatable bonds is 6. The first-order valence-corrected chi connectivity index (χ1v) is 8.88. The first kappa shape index (κ1) is 18.3. The van der Waals surface area contributed by atoms with Crippen LogP contribution in [0, 0.1) is 0 Å². The quantitative estimate of drug-likeness (QED) is 0.523. The minimum absolute atomic E-state index is 0.353. The zero-order chi connectivity index (χ0) is 17.5. The maximum atomic E-state index is 9.55. The van der Waals surface area contributed by atoms with Crippen LogP contribution < -0.4 is 10.4 Å². The van der Waals surface area contributed by atoms with Gasteiger partial charge in [0.05, 0.1) is 17.4 Å². The van der Waals surface area contributed by atoms with E-state index in [2.05, 4.69) is 67.6 Å². The van der Waals surface area contributed by atoms with E-state index in [9.17, 15) is 5.21 Å². The Labute approximate surface area is 146 Å². The molecule has 1 aliphatic rings. The van der Waals surface area contributed by atoms with Gasteiger partial charge in [0, 0.05) is 6.54 Å². The molecule has 2 N–H and O–H groups in total. The molecule has 1 atom stereocenters. The molecule has 0 radical (unpaired) electrons. The van der Waals surface area contributed by atoms with Crippen LogP contribution in [0.25, 0.3) is 0 Å². The second-order valence-corrected chi connectivity index (χ2v) is 6.57. The van der Waals surface area contributed by atoms with Gasteiger partial charge in [-0.2, -0.15) is 0 Å². The van der Waals surface area contributed by atoms with Gasteiger partial charge in [0.15, 0.2) is 0 Å². The van der Waals surface area contributed by atoms with Crippen LogP contribution in [-0.2, 0) is 0 Å². The van der Waals surface area contributed by atoms with Crippen LogP contribution in [0.4, 0.5) is 11.4 Å². The molecule has 130 valence electrons. The van der Waals surface area contributed by atoms with E-state index in [0.717, 1.165) is 30.8 Å². The van der Waals surface area contributed by atoms with Gasteiger partial charge >= 0.3 is 0 Å². The van der Waals surface area contributed by atoms with E-state index >= 15 is 0 Å². The highest BCUT2D eigenvalue weighted by molar-refractivity contribution is 5.72. The Bertz CT molecular complexity index is 629. The summed E-state index contributed by atoms with van der Waals surface area (Å²) in [6, 6.07) is 6.63. The van der Waals surface area contributed by atoms with Crippen LogP contribution in [0.3, 0.4) is 0 Å². The van der Waals surface area contributed by atoms with Crippen LogP contribution in [0.15, 0.2) is 54.2 Å². The maximum Gasteiger partial charge on any atom is 0.0835 e. The van der Waals surface area contributed by atoms with Gasteiger partial charge in [-0.3, -0.25) is 10.7 Å². The molecule has 0 aromatic heterocycles. The first-order chi connectivity index (χ1) is 11.6. The van der Waals surface area contributed by atoms with Crippen LogP contribution in [0.2, 0.25) is 0 Å². The van der Waals surface area contributed by atoms with Gasteiger partial charge in [0.2, 0.25) is 0 Å². The van der Waals surface area contributed by atoms with Crippen molar-refractivity contribution >= 4 is 11.4 Å². The molecular weight excluding hydrogens is 296 g/mol. The van der Waals surface area contributed by atoms with Gasteiger partial charge in [-0.1, -0.05) is 50.3 Å². The number of allylic oxidation sites excluding steroid dienone is 4. The van der Waals surface area contributed by atoms with E-state index in [1.165, 1.54) is 11.1 Å². The molecule has 3 nitrogen and oxygen atoms in total. The summed E-state index contributed by atoms with van der Waals surface area (Å²) >= 11 is 0. The monoisotopic (exact) mass is 326 g/mol. The van der Waals surface area contributed by atoms with Crippen molar-refractivity contribution in [2.24, 2.45) is 0 Å². The molecule has 3 heteroatoms. The number of nitrogens with one attached hydrogen (secondary N) is 1. The summed E-state index contributed by atoms with van der Waals surface area (Å²) < 4.78 is 0. The predicted octanol–water partition coefficient (Wildman–Crippen LogP) is 5.66. The molecule has 1 heterocycles. The van der Waals surface area contributed by atoms with Gasteiger partial charge in [-0.15, -0.1) is 0 Å². The maximum absolute atomic E-state index is 9.55. The first-order valence-electron chi connectivity index (χ1n) is 8.88. The molecular formula is C21H30N2O. The predicted molar refractivity (Wildman–Crippen MR) is 104 cm³/mol. The molecule has 2 rings (SSSR count). The summed E-state index contributed by atoms with van der Waals surface area (Å²) in [7, 11) is 0. The average Bonchev–Trinajstić information content (AvgIpc) is 3.07. The lowest BCUT2D eigenvalue weighted by atomic mass is 9.99. The smallest absolute Gasteiger partial charge is 0.0835 e. The minimum Gasteiger partial charge on any atom is -0.363 e. The van der Waals surface area contributed by atoms with E-state index < -0.39 is 0 Å². The summed E-state index contributed by atoms with van der Waals surface area (Å²) in [4.78, 5) is 2.42. The normalized spacial score (nSPS) is 19.2. The number of hydrogen-bond acceptors (Lipinski definition) is 3. The highest BCUT2D eigenvalue weighted by atomic mass is 16.5. The number of nitrogens with zero attached hydrogens (tertiary/aromatic N) is 1. The lowest BCUT2D eigenvalue weighted by Crippen LogP contribution is -2.31. The molecule has 0 bridgehead atoms. The molecule has 0 spiro atoms. The van der Waals surface area contributed by atoms with E-state index in [1.807, 2.05) is 19.1 Å². The lowest BCUT2D eigenvalue weighted by molar-refractivity contribution is 0.389. The topological polar surface area (TPSA) is 35.5 Å². The molecule has 1 aromatic rings. The van der Waals surface area contributed by atoms with E-state index in [4.69, 9.17) is 0 Å². The largest absolute Gasteiger partial charge is 0.363 e. The van der Waals surface area contributed by atoms with Crippen LogP contribution in [0.1, 0.15) is 52.0 Å². The van der Waals surface area contributed by atoms with Crippen molar-refractivity contribution in [2.75, 3.05) is 16.9 Å². The molecule has 1 unspecified atom stereocenters. The van der Waals surface area contributed by atoms with Gasteiger partial charge in [0.25, 0.3) is 0 Å². The van der Waals surface area contributed by atoms with Crippen molar-refractivity contribution in [3.63, 3.8) is 0 Å². The van der Waals surface area contributed by atoms with Crippen LogP contribution in [0.5, 0.6) is 0 Å². The molecule has 1 aromatic carbocycles. The van der Waals surface area contributed by atoms with E-state index in [0.29, 0.717) is 12.0 Å². The summed E-state index contributed by atoms with van der Waals surface area (Å²) in [5.74, 6) is 0.466. The highest BCUT2D eigenvalue weighted by Gasteiger charge is 2.28. The second kappa shape index (κ2) is 8.74. The number of anilines is 2. The minimum atomic E-state index is 0.353. The summed E-state index contributed by atoms with van der Waals surface area (Å²) in [5, 5.41) is 9.55. The summed E-state index contributed by atoms with van der Waals surface area (Å²) in [6.45, 7) is 9.53. The third-order valence-electron chi connectivity index (χ3n) is 4.68. The SMILES string of the molecule is C\C=C/C=C\C(=C/C)C1CCCN1c1cc(C(C)C)ccc1NO. The standard InChI is InChI=1S/C21H30N2O/c1-5-7-8-10-17(6-2)20-11-9-14-23(20)21-15-18(16(3)4)12-13-19(21)22-24/h5-8,10,12-13,15-16,20,22,24H,9,11,14H2,1-4H3/b7-5-,10-8-,17-6+. The summed E-state index contributed by atoms with van der Waals surface area (Å²) in [6.07, 6.45) is 12.9. The van der Waals surface area contributed by atoms with Crippen LogP contribution >= 0.6 is 0 Å². The Morgan fingerprint density at radius 1 is 1.29 bits per heavy atom. The van der Waals surface area contributed by atoms with Crippen molar-refractivity contribution in [1.82, 2.24) is 0 Å². The van der Waals surface area contributed by atoms with Crippen molar-refractivity contribution < 1.29 is 5.21 Å². The molecule has 24 heavy (non-hydrogen) atoms. The van der Waals surface area contributed by atoms with Crippen molar-refractivity contribution in [2.45, 2.75) is 52.5 Å². The molecule has 0 aliphatic carbocycles. The Balaban J connectivity index is 2.37. The highest BCUT2D eigenvalue weighted by Crippen LogP contribution is 2.36. The third kappa shape index (κ3) is 4.09. The van der Waals surface area contributed by atoms with Crippen molar-refractivity contribution in [1.29, 1.82) is 0 Å². The molecule has 0 amide bonds. The Morgan fingerprint density at radius 2 is 2.08 bits per heavy atom. The van der Waals surface area contributed by atoms with Gasteiger partial charge in [0.1, 0.15) is 0 Å². The van der Waals surface area contributed by atoms with Gasteiger partial charge in [-0.05, 0) is 55.9 Å². The van der Waals surface area contributed by atoms with Gasteiger partial charge < -0.3 is 4.90 Å². The fraction of sp³-hybridized carbons (Fsp3) is 0.429. The Morgan fingerprint density at radius 3 is 2.71 bits per heavy atom. The average molecular weight is 326 g/mol. The zero-order valence-corrected chi connectivity index (χ0v) is 15.3. The second-order valence-electron chi connectivity index (χ2n) is 6.57. The van der Waals surface area contributed by atoms with Crippen LogP contribution in [-0.4, -0.2) is 17.8 Å². The third-order valence-corrected chi connectivity index (χ3v) is 4.68. The molecule has 0 saturated carbocycles. The molecule has 1 fully saturated rings. The summed E-state index contributed by atoms with van der Waals surface area (Å²) in [5.41, 5.74) is 6.86. The lowest BCUT2D eigenvalue weighted by Gasteiger charge is -2.30. The van der Waals surface area contributed by atoms with Gasteiger partial charge in [-0.25, -0.2) is 0 Å². The Kier molecular flexibility index (Phi) is 6.68.